The van der Waals surface area contributed by atoms with Crippen LogP contribution in [-0.2, 0) is 22.6 Å². The average molecular weight is 527 g/mol. The highest BCUT2D eigenvalue weighted by atomic mass is 127. The molecule has 0 aliphatic heterocycles. The lowest BCUT2D eigenvalue weighted by molar-refractivity contribution is 0.133. The molecule has 2 aromatic carbocycles. The summed E-state index contributed by atoms with van der Waals surface area (Å²) in [5.74, 6) is 1.55. The smallest absolute Gasteiger partial charge is 0.196 e. The highest BCUT2D eigenvalue weighted by molar-refractivity contribution is 14.0. The SMILES string of the molecule is CCNC(=NCc1ccccc1COCC)Nc1cccc(OCCCOC)c1.I. The zero-order valence-corrected chi connectivity index (χ0v) is 20.5. The average Bonchev–Trinajstić information content (AvgIpc) is 2.74. The molecule has 0 aliphatic carbocycles. The van der Waals surface area contributed by atoms with Gasteiger partial charge in [0.05, 0.1) is 19.8 Å². The number of halogens is 1. The number of nitrogens with one attached hydrogen (secondary N) is 2. The van der Waals surface area contributed by atoms with Crippen molar-refractivity contribution in [2.45, 2.75) is 33.4 Å². The summed E-state index contributed by atoms with van der Waals surface area (Å²) in [4.78, 5) is 4.75. The third kappa shape index (κ3) is 9.77. The minimum Gasteiger partial charge on any atom is -0.493 e. The number of methoxy groups -OCH3 is 1. The van der Waals surface area contributed by atoms with Crippen molar-refractivity contribution in [3.8, 4) is 5.75 Å². The summed E-state index contributed by atoms with van der Waals surface area (Å²) in [6, 6.07) is 16.1. The fraction of sp³-hybridized carbons (Fsp3) is 0.435. The van der Waals surface area contributed by atoms with Crippen LogP contribution in [0.2, 0.25) is 0 Å². The fourth-order valence-corrected chi connectivity index (χ4v) is 2.73. The number of nitrogens with zero attached hydrogens (tertiary/aromatic N) is 1. The van der Waals surface area contributed by atoms with Gasteiger partial charge in [-0.1, -0.05) is 30.3 Å². The predicted octanol–water partition coefficient (Wildman–Crippen LogP) is 4.83. The van der Waals surface area contributed by atoms with Crippen LogP contribution in [0.5, 0.6) is 5.75 Å². The second-order valence-electron chi connectivity index (χ2n) is 6.45. The Morgan fingerprint density at radius 3 is 2.53 bits per heavy atom. The minimum absolute atomic E-state index is 0. The van der Waals surface area contributed by atoms with E-state index >= 15 is 0 Å². The molecular formula is C23H34IN3O3. The summed E-state index contributed by atoms with van der Waals surface area (Å²) in [5.41, 5.74) is 3.25. The molecule has 166 valence electrons. The topological polar surface area (TPSA) is 64.1 Å². The molecule has 0 aromatic heterocycles. The van der Waals surface area contributed by atoms with Gasteiger partial charge in [-0.3, -0.25) is 0 Å². The molecule has 30 heavy (non-hydrogen) atoms. The summed E-state index contributed by atoms with van der Waals surface area (Å²) >= 11 is 0. The highest BCUT2D eigenvalue weighted by Gasteiger charge is 2.04. The van der Waals surface area contributed by atoms with Crippen LogP contribution in [0.1, 0.15) is 31.4 Å². The molecule has 6 nitrogen and oxygen atoms in total. The molecule has 0 spiro atoms. The molecule has 0 saturated heterocycles. The van der Waals surface area contributed by atoms with Gasteiger partial charge in [0.2, 0.25) is 0 Å². The van der Waals surface area contributed by atoms with E-state index in [0.29, 0.717) is 33.0 Å². The van der Waals surface area contributed by atoms with Crippen LogP contribution in [0.4, 0.5) is 5.69 Å². The Morgan fingerprint density at radius 2 is 1.80 bits per heavy atom. The molecule has 2 N–H and O–H groups in total. The molecule has 0 amide bonds. The molecule has 7 heteroatoms. The normalized spacial score (nSPS) is 11.0. The van der Waals surface area contributed by atoms with E-state index in [1.165, 1.54) is 5.56 Å². The molecular weight excluding hydrogens is 493 g/mol. The van der Waals surface area contributed by atoms with Gasteiger partial charge in [0.15, 0.2) is 5.96 Å². The molecule has 0 aliphatic rings. The van der Waals surface area contributed by atoms with Crippen molar-refractivity contribution >= 4 is 35.6 Å². The number of hydrogen-bond donors (Lipinski definition) is 2. The van der Waals surface area contributed by atoms with Gasteiger partial charge in [0, 0.05) is 45.0 Å². The Balaban J connectivity index is 0.00000450. The summed E-state index contributed by atoms with van der Waals surface area (Å²) in [6.45, 7) is 8.03. The largest absolute Gasteiger partial charge is 0.493 e. The van der Waals surface area contributed by atoms with Gasteiger partial charge in [-0.15, -0.1) is 24.0 Å². The summed E-state index contributed by atoms with van der Waals surface area (Å²) in [5, 5.41) is 6.65. The van der Waals surface area contributed by atoms with Gasteiger partial charge in [-0.05, 0) is 37.1 Å². The first-order chi connectivity index (χ1) is 14.3. The van der Waals surface area contributed by atoms with Crippen LogP contribution < -0.4 is 15.4 Å². The minimum atomic E-state index is 0. The van der Waals surface area contributed by atoms with E-state index in [0.717, 1.165) is 35.9 Å². The van der Waals surface area contributed by atoms with Crippen LogP contribution >= 0.6 is 24.0 Å². The highest BCUT2D eigenvalue weighted by Crippen LogP contribution is 2.18. The van der Waals surface area contributed by atoms with E-state index in [1.807, 2.05) is 43.3 Å². The zero-order chi connectivity index (χ0) is 20.7. The third-order valence-corrected chi connectivity index (χ3v) is 4.19. The quantitative estimate of drug-likeness (QED) is 0.179. The molecule has 2 rings (SSSR count). The first-order valence-electron chi connectivity index (χ1n) is 10.2. The molecule has 0 unspecified atom stereocenters. The third-order valence-electron chi connectivity index (χ3n) is 4.19. The number of aliphatic imine (C=N–C) groups is 1. The molecule has 0 atom stereocenters. The Morgan fingerprint density at radius 1 is 1.00 bits per heavy atom. The van der Waals surface area contributed by atoms with E-state index in [1.54, 1.807) is 7.11 Å². The van der Waals surface area contributed by atoms with E-state index in [4.69, 9.17) is 19.2 Å². The van der Waals surface area contributed by atoms with Crippen molar-refractivity contribution < 1.29 is 14.2 Å². The van der Waals surface area contributed by atoms with Crippen molar-refractivity contribution in [2.24, 2.45) is 4.99 Å². The second-order valence-corrected chi connectivity index (χ2v) is 6.45. The van der Waals surface area contributed by atoms with Gasteiger partial charge in [0.1, 0.15) is 5.75 Å². The zero-order valence-electron chi connectivity index (χ0n) is 18.1. The number of benzene rings is 2. The van der Waals surface area contributed by atoms with Crippen LogP contribution in [0.3, 0.4) is 0 Å². The second kappa shape index (κ2) is 15.9. The molecule has 0 fully saturated rings. The molecule has 0 heterocycles. The van der Waals surface area contributed by atoms with E-state index in [9.17, 15) is 0 Å². The molecule has 0 bridgehead atoms. The van der Waals surface area contributed by atoms with Crippen LogP contribution in [0, 0.1) is 0 Å². The number of guanidine groups is 1. The first kappa shape index (κ1) is 26.2. The van der Waals surface area contributed by atoms with Crippen molar-refractivity contribution in [3.05, 3.63) is 59.7 Å². The van der Waals surface area contributed by atoms with E-state index in [-0.39, 0.29) is 24.0 Å². The summed E-state index contributed by atoms with van der Waals surface area (Å²) in [7, 11) is 1.70. The lowest BCUT2D eigenvalue weighted by Crippen LogP contribution is -2.30. The number of ether oxygens (including phenoxy) is 3. The standard InChI is InChI=1S/C23H33N3O3.HI/c1-4-24-23(25-17-19-10-6-7-11-20(19)18-28-5-2)26-21-12-8-13-22(16-21)29-15-9-14-27-3;/h6-8,10-13,16H,4-5,9,14-15,17-18H2,1-3H3,(H2,24,25,26);1H. The molecule has 0 radical (unpaired) electrons. The summed E-state index contributed by atoms with van der Waals surface area (Å²) < 4.78 is 16.4. The maximum atomic E-state index is 5.78. The van der Waals surface area contributed by atoms with Gasteiger partial charge >= 0.3 is 0 Å². The fourth-order valence-electron chi connectivity index (χ4n) is 2.73. The van der Waals surface area contributed by atoms with Crippen LogP contribution in [0.25, 0.3) is 0 Å². The van der Waals surface area contributed by atoms with E-state index in [2.05, 4.69) is 29.7 Å². The van der Waals surface area contributed by atoms with Gasteiger partial charge in [-0.25, -0.2) is 4.99 Å². The van der Waals surface area contributed by atoms with Crippen LogP contribution in [0.15, 0.2) is 53.5 Å². The number of anilines is 1. The molecule has 0 saturated carbocycles. The van der Waals surface area contributed by atoms with E-state index < -0.39 is 0 Å². The Bertz CT molecular complexity index is 756. The monoisotopic (exact) mass is 527 g/mol. The van der Waals surface area contributed by atoms with Crippen molar-refractivity contribution in [1.82, 2.24) is 5.32 Å². The lowest BCUT2D eigenvalue weighted by Gasteiger charge is -2.14. The van der Waals surface area contributed by atoms with Gasteiger partial charge < -0.3 is 24.8 Å². The Hall–Kier alpha value is -1.84. The Kier molecular flexibility index (Phi) is 13.9. The number of rotatable bonds is 12. The lowest BCUT2D eigenvalue weighted by atomic mass is 10.1. The van der Waals surface area contributed by atoms with Crippen molar-refractivity contribution in [2.75, 3.05) is 38.8 Å². The predicted molar refractivity (Wildman–Crippen MR) is 134 cm³/mol. The number of hydrogen-bond acceptors (Lipinski definition) is 4. The molecule has 2 aromatic rings. The van der Waals surface area contributed by atoms with Crippen molar-refractivity contribution in [3.63, 3.8) is 0 Å². The van der Waals surface area contributed by atoms with Gasteiger partial charge in [0.25, 0.3) is 0 Å². The summed E-state index contributed by atoms with van der Waals surface area (Å²) in [6.07, 6.45) is 0.861. The van der Waals surface area contributed by atoms with Crippen molar-refractivity contribution in [1.29, 1.82) is 0 Å². The maximum absolute atomic E-state index is 5.78. The van der Waals surface area contributed by atoms with Crippen LogP contribution in [-0.4, -0.2) is 39.4 Å². The van der Waals surface area contributed by atoms with Gasteiger partial charge in [-0.2, -0.15) is 0 Å². The maximum Gasteiger partial charge on any atom is 0.196 e. The Labute approximate surface area is 197 Å². The first-order valence-corrected chi connectivity index (χ1v) is 10.2.